The molecule has 0 fully saturated rings. The Morgan fingerprint density at radius 3 is 2.74 bits per heavy atom. The summed E-state index contributed by atoms with van der Waals surface area (Å²) in [4.78, 5) is 33.5. The molecule has 0 spiro atoms. The zero-order valence-corrected chi connectivity index (χ0v) is 15.8. The van der Waals surface area contributed by atoms with Crippen molar-refractivity contribution >= 4 is 39.2 Å². The van der Waals surface area contributed by atoms with E-state index >= 15 is 0 Å². The number of amides is 1. The van der Waals surface area contributed by atoms with Crippen molar-refractivity contribution in [2.24, 2.45) is 0 Å². The van der Waals surface area contributed by atoms with E-state index in [-0.39, 0.29) is 22.8 Å². The normalized spacial score (nSPS) is 14.0. The van der Waals surface area contributed by atoms with Crippen LogP contribution in [-0.4, -0.2) is 27.2 Å². The molecule has 126 valence electrons. The van der Waals surface area contributed by atoms with Crippen LogP contribution in [0.4, 0.5) is 0 Å². The second-order valence-electron chi connectivity index (χ2n) is 5.75. The maximum Gasteiger partial charge on any atom is 0.259 e. The lowest BCUT2D eigenvalue weighted by Gasteiger charge is -2.15. The quantitative estimate of drug-likeness (QED) is 0.836. The lowest BCUT2D eigenvalue weighted by atomic mass is 10.2. The number of nitrogens with zero attached hydrogens (tertiary/aromatic N) is 1. The van der Waals surface area contributed by atoms with Crippen molar-refractivity contribution in [3.63, 3.8) is 0 Å². The Labute approximate surface area is 144 Å². The van der Waals surface area contributed by atoms with Gasteiger partial charge in [0.1, 0.15) is 10.7 Å². The standard InChI is InChI=1S/C16H23N3O2S2/c1-6-8(2)17-14(20)11(5)22-7-12-18-15(21)13-9(3)10(4)23-16(13)19-12/h8,11H,6-7H2,1-5H3,(H,17,20)(H,18,19,21). The predicted octanol–water partition coefficient (Wildman–Crippen LogP) is 3.14. The number of carbonyl (C=O) groups excluding carboxylic acids is 1. The fourth-order valence-corrected chi connectivity index (χ4v) is 3.92. The Kier molecular flexibility index (Phi) is 5.86. The highest BCUT2D eigenvalue weighted by Gasteiger charge is 2.17. The Hall–Kier alpha value is -1.34. The number of rotatable bonds is 6. The minimum absolute atomic E-state index is 0.0237. The fourth-order valence-electron chi connectivity index (χ4n) is 2.11. The van der Waals surface area contributed by atoms with Gasteiger partial charge in [0.15, 0.2) is 0 Å². The lowest BCUT2D eigenvalue weighted by Crippen LogP contribution is -2.37. The van der Waals surface area contributed by atoms with Crippen LogP contribution in [0, 0.1) is 13.8 Å². The summed E-state index contributed by atoms with van der Waals surface area (Å²) in [5.41, 5.74) is 0.906. The van der Waals surface area contributed by atoms with Crippen molar-refractivity contribution in [1.82, 2.24) is 15.3 Å². The molecule has 0 aliphatic heterocycles. The highest BCUT2D eigenvalue weighted by Crippen LogP contribution is 2.26. The molecular formula is C16H23N3O2S2. The van der Waals surface area contributed by atoms with E-state index in [1.165, 1.54) is 23.1 Å². The number of hydrogen-bond acceptors (Lipinski definition) is 5. The summed E-state index contributed by atoms with van der Waals surface area (Å²) in [6.45, 7) is 9.84. The first kappa shape index (κ1) is 18.0. The Morgan fingerprint density at radius 2 is 2.09 bits per heavy atom. The van der Waals surface area contributed by atoms with Gasteiger partial charge in [0, 0.05) is 10.9 Å². The van der Waals surface area contributed by atoms with Gasteiger partial charge in [-0.3, -0.25) is 9.59 Å². The van der Waals surface area contributed by atoms with Gasteiger partial charge in [-0.25, -0.2) is 4.98 Å². The maximum atomic E-state index is 12.2. The molecule has 2 aromatic rings. The number of thiophene rings is 1. The molecule has 0 aliphatic rings. The fraction of sp³-hybridized carbons (Fsp3) is 0.562. The number of nitrogens with one attached hydrogen (secondary N) is 2. The van der Waals surface area contributed by atoms with Gasteiger partial charge in [-0.2, -0.15) is 0 Å². The molecule has 0 bridgehead atoms. The molecule has 2 heterocycles. The molecule has 1 amide bonds. The summed E-state index contributed by atoms with van der Waals surface area (Å²) in [5.74, 6) is 1.16. The first-order chi connectivity index (χ1) is 10.8. The highest BCUT2D eigenvalue weighted by atomic mass is 32.2. The summed E-state index contributed by atoms with van der Waals surface area (Å²) >= 11 is 3.02. The summed E-state index contributed by atoms with van der Waals surface area (Å²) in [6.07, 6.45) is 0.908. The third kappa shape index (κ3) is 4.14. The largest absolute Gasteiger partial charge is 0.353 e. The molecule has 0 saturated carbocycles. The van der Waals surface area contributed by atoms with Crippen LogP contribution in [0.25, 0.3) is 10.2 Å². The Morgan fingerprint density at radius 1 is 1.39 bits per heavy atom. The van der Waals surface area contributed by atoms with E-state index in [0.29, 0.717) is 17.0 Å². The van der Waals surface area contributed by atoms with Gasteiger partial charge in [0.2, 0.25) is 5.91 Å². The molecule has 23 heavy (non-hydrogen) atoms. The summed E-state index contributed by atoms with van der Waals surface area (Å²) in [7, 11) is 0. The minimum Gasteiger partial charge on any atom is -0.353 e. The molecule has 0 aromatic carbocycles. The van der Waals surface area contributed by atoms with Gasteiger partial charge in [0.05, 0.1) is 16.4 Å². The number of thioether (sulfide) groups is 1. The van der Waals surface area contributed by atoms with Gasteiger partial charge in [-0.15, -0.1) is 23.1 Å². The average molecular weight is 354 g/mol. The molecule has 2 rings (SSSR count). The third-order valence-corrected chi connectivity index (χ3v) is 6.18. The number of aromatic amines is 1. The van der Waals surface area contributed by atoms with Crippen LogP contribution in [-0.2, 0) is 10.5 Å². The van der Waals surface area contributed by atoms with E-state index in [1.807, 2.05) is 34.6 Å². The Balaban J connectivity index is 2.08. The number of fused-ring (bicyclic) bond motifs is 1. The van der Waals surface area contributed by atoms with Crippen LogP contribution in [0.3, 0.4) is 0 Å². The molecule has 7 heteroatoms. The van der Waals surface area contributed by atoms with Crippen LogP contribution in [0.5, 0.6) is 0 Å². The predicted molar refractivity (Wildman–Crippen MR) is 98.4 cm³/mol. The topological polar surface area (TPSA) is 74.8 Å². The molecule has 0 aliphatic carbocycles. The average Bonchev–Trinajstić information content (AvgIpc) is 2.79. The van der Waals surface area contributed by atoms with E-state index in [0.717, 1.165) is 21.7 Å². The lowest BCUT2D eigenvalue weighted by molar-refractivity contribution is -0.120. The first-order valence-corrected chi connectivity index (χ1v) is 9.60. The Bertz CT molecular complexity index is 767. The molecule has 0 radical (unpaired) electrons. The van der Waals surface area contributed by atoms with E-state index in [2.05, 4.69) is 15.3 Å². The van der Waals surface area contributed by atoms with Crippen molar-refractivity contribution in [1.29, 1.82) is 0 Å². The first-order valence-electron chi connectivity index (χ1n) is 7.74. The summed E-state index contributed by atoms with van der Waals surface area (Å²) < 4.78 is 0. The van der Waals surface area contributed by atoms with Crippen molar-refractivity contribution in [3.8, 4) is 0 Å². The smallest absolute Gasteiger partial charge is 0.259 e. The monoisotopic (exact) mass is 353 g/mol. The van der Waals surface area contributed by atoms with E-state index in [1.54, 1.807) is 0 Å². The maximum absolute atomic E-state index is 12.2. The van der Waals surface area contributed by atoms with Crippen molar-refractivity contribution in [2.45, 2.75) is 58.1 Å². The number of aromatic nitrogens is 2. The van der Waals surface area contributed by atoms with Crippen LogP contribution in [0.2, 0.25) is 0 Å². The number of hydrogen-bond donors (Lipinski definition) is 2. The van der Waals surface area contributed by atoms with Crippen LogP contribution in [0.15, 0.2) is 4.79 Å². The molecule has 2 N–H and O–H groups in total. The van der Waals surface area contributed by atoms with Crippen LogP contribution < -0.4 is 10.9 Å². The van der Waals surface area contributed by atoms with Gasteiger partial charge in [-0.1, -0.05) is 6.92 Å². The molecule has 2 atom stereocenters. The number of aryl methyl sites for hydroxylation is 2. The van der Waals surface area contributed by atoms with E-state index in [9.17, 15) is 9.59 Å². The van der Waals surface area contributed by atoms with Crippen molar-refractivity contribution in [2.75, 3.05) is 0 Å². The minimum atomic E-state index is -0.184. The van der Waals surface area contributed by atoms with E-state index < -0.39 is 0 Å². The van der Waals surface area contributed by atoms with Crippen molar-refractivity contribution < 1.29 is 4.79 Å². The molecule has 2 aromatic heterocycles. The van der Waals surface area contributed by atoms with Crippen LogP contribution in [0.1, 0.15) is 43.5 Å². The SMILES string of the molecule is CCC(C)NC(=O)C(C)SCc1nc2sc(C)c(C)c2c(=O)[nH]1. The van der Waals surface area contributed by atoms with Gasteiger partial charge >= 0.3 is 0 Å². The zero-order chi connectivity index (χ0) is 17.1. The highest BCUT2D eigenvalue weighted by molar-refractivity contribution is 7.99. The van der Waals surface area contributed by atoms with Crippen LogP contribution >= 0.6 is 23.1 Å². The van der Waals surface area contributed by atoms with Gasteiger partial charge in [0.25, 0.3) is 5.56 Å². The molecule has 5 nitrogen and oxygen atoms in total. The number of carbonyl (C=O) groups is 1. The second kappa shape index (κ2) is 7.49. The second-order valence-corrected chi connectivity index (χ2v) is 8.28. The summed E-state index contributed by atoms with van der Waals surface area (Å²) in [5, 5.41) is 3.47. The van der Waals surface area contributed by atoms with Gasteiger partial charge in [-0.05, 0) is 39.7 Å². The van der Waals surface area contributed by atoms with Crippen molar-refractivity contribution in [3.05, 3.63) is 26.6 Å². The molecular weight excluding hydrogens is 330 g/mol. The third-order valence-electron chi connectivity index (χ3n) is 3.93. The molecule has 2 unspecified atom stereocenters. The molecule has 0 saturated heterocycles. The summed E-state index contributed by atoms with van der Waals surface area (Å²) in [6, 6.07) is 0.178. The van der Waals surface area contributed by atoms with Gasteiger partial charge < -0.3 is 10.3 Å². The zero-order valence-electron chi connectivity index (χ0n) is 14.1. The van der Waals surface area contributed by atoms with E-state index in [4.69, 9.17) is 0 Å². The number of H-pyrrole nitrogens is 1.